The fraction of sp³-hybridized carbons (Fsp3) is 0.444. The van der Waals surface area contributed by atoms with E-state index in [2.05, 4.69) is 0 Å². The van der Waals surface area contributed by atoms with E-state index in [1.165, 1.54) is 39.0 Å². The smallest absolute Gasteiger partial charge is 0.189 e. The molecular weight excluding hydrogens is 296 g/mol. The molecule has 0 saturated carbocycles. The molecule has 1 aromatic carbocycles. The first kappa shape index (κ1) is 17.4. The predicted molar refractivity (Wildman–Crippen MR) is 85.9 cm³/mol. The molecule has 1 aliphatic heterocycles. The third-order valence-corrected chi connectivity index (χ3v) is 3.76. The molecule has 1 aromatic rings. The molecule has 0 aliphatic carbocycles. The van der Waals surface area contributed by atoms with Gasteiger partial charge in [0.05, 0.1) is 11.2 Å². The number of aliphatic hydroxyl groups is 2. The lowest BCUT2D eigenvalue weighted by atomic mass is 9.92. The van der Waals surface area contributed by atoms with Crippen molar-refractivity contribution in [2.24, 2.45) is 0 Å². The van der Waals surface area contributed by atoms with Crippen LogP contribution in [-0.4, -0.2) is 33.5 Å². The average molecular weight is 318 g/mol. The Morgan fingerprint density at radius 2 is 1.83 bits per heavy atom. The summed E-state index contributed by atoms with van der Waals surface area (Å²) in [6.45, 7) is 8.03. The quantitative estimate of drug-likeness (QED) is 0.658. The molecule has 23 heavy (non-hydrogen) atoms. The number of Topliss-reactive ketones (excluding diaryl/α,β-unsaturated/α-hetero) is 1. The van der Waals surface area contributed by atoms with Crippen LogP contribution in [0.2, 0.25) is 0 Å². The Kier molecular flexibility index (Phi) is 4.46. The summed E-state index contributed by atoms with van der Waals surface area (Å²) >= 11 is 0. The van der Waals surface area contributed by atoms with Gasteiger partial charge in [-0.25, -0.2) is 0 Å². The van der Waals surface area contributed by atoms with Crippen molar-refractivity contribution in [1.29, 1.82) is 0 Å². The number of hydrogen-bond donors (Lipinski definition) is 2. The van der Waals surface area contributed by atoms with Gasteiger partial charge in [-0.2, -0.15) is 0 Å². The summed E-state index contributed by atoms with van der Waals surface area (Å²) in [5, 5.41) is 20.6. The van der Waals surface area contributed by atoms with Crippen molar-refractivity contribution >= 4 is 11.6 Å². The topological polar surface area (TPSA) is 83.8 Å². The number of carbonyl (C=O) groups is 2. The van der Waals surface area contributed by atoms with Crippen LogP contribution in [0, 0.1) is 0 Å². The molecule has 124 valence electrons. The van der Waals surface area contributed by atoms with Crippen LogP contribution in [-0.2, 0) is 0 Å². The van der Waals surface area contributed by atoms with E-state index in [1.54, 1.807) is 13.8 Å². The largest absolute Gasteiger partial charge is 0.483 e. The molecule has 5 heteroatoms. The molecule has 0 unspecified atom stereocenters. The fourth-order valence-corrected chi connectivity index (χ4v) is 2.61. The molecule has 0 saturated heterocycles. The van der Waals surface area contributed by atoms with E-state index in [-0.39, 0.29) is 22.9 Å². The normalized spacial score (nSPS) is 19.8. The highest BCUT2D eigenvalue weighted by Gasteiger charge is 2.44. The Bertz CT molecular complexity index is 690. The standard InChI is InChI=1S/C18H22O5/c1-9(2)6-14(20)12-7-11(10(3)19)8-13-15(21)17(18(4,5)22)23-16(12)13/h6-8,15,17,21-22H,1-5H3/t15-,17-/m1/s1. The average Bonchev–Trinajstić information content (AvgIpc) is 2.74. The first-order valence-electron chi connectivity index (χ1n) is 7.47. The van der Waals surface area contributed by atoms with E-state index in [9.17, 15) is 19.8 Å². The number of fused-ring (bicyclic) bond motifs is 1. The van der Waals surface area contributed by atoms with Gasteiger partial charge >= 0.3 is 0 Å². The zero-order chi connectivity index (χ0) is 17.5. The maximum absolute atomic E-state index is 12.4. The Morgan fingerprint density at radius 1 is 1.22 bits per heavy atom. The van der Waals surface area contributed by atoms with E-state index in [0.717, 1.165) is 5.57 Å². The van der Waals surface area contributed by atoms with Crippen molar-refractivity contribution in [1.82, 2.24) is 0 Å². The lowest BCUT2D eigenvalue weighted by Crippen LogP contribution is -2.41. The van der Waals surface area contributed by atoms with Crippen LogP contribution in [0.4, 0.5) is 0 Å². The molecule has 0 aromatic heterocycles. The second-order valence-electron chi connectivity index (χ2n) is 6.72. The Hall–Kier alpha value is -1.98. The Balaban J connectivity index is 2.63. The molecule has 0 bridgehead atoms. The van der Waals surface area contributed by atoms with Gasteiger partial charge < -0.3 is 14.9 Å². The van der Waals surface area contributed by atoms with Gasteiger partial charge in [-0.1, -0.05) is 5.57 Å². The lowest BCUT2D eigenvalue weighted by molar-refractivity contribution is -0.0763. The molecular formula is C18H22O5. The van der Waals surface area contributed by atoms with Crippen molar-refractivity contribution < 1.29 is 24.5 Å². The first-order chi connectivity index (χ1) is 10.5. The van der Waals surface area contributed by atoms with Gasteiger partial charge in [0.15, 0.2) is 17.7 Å². The fourth-order valence-electron chi connectivity index (χ4n) is 2.61. The zero-order valence-electron chi connectivity index (χ0n) is 14.0. The maximum Gasteiger partial charge on any atom is 0.189 e. The molecule has 2 rings (SSSR count). The third kappa shape index (κ3) is 3.35. The summed E-state index contributed by atoms with van der Waals surface area (Å²) in [5.41, 5.74) is 0.420. The van der Waals surface area contributed by atoms with Gasteiger partial charge in [-0.05, 0) is 52.8 Å². The van der Waals surface area contributed by atoms with Gasteiger partial charge in [0, 0.05) is 11.1 Å². The Morgan fingerprint density at radius 3 is 2.30 bits per heavy atom. The Labute approximate surface area is 135 Å². The second-order valence-corrected chi connectivity index (χ2v) is 6.72. The molecule has 0 amide bonds. The molecule has 0 radical (unpaired) electrons. The molecule has 5 nitrogen and oxygen atoms in total. The van der Waals surface area contributed by atoms with Crippen LogP contribution in [0.1, 0.15) is 67.0 Å². The SMILES string of the molecule is CC(=O)c1cc(C(=O)C=C(C)C)c2c(c1)[C@@H](O)[C@H](C(C)(C)O)O2. The molecule has 0 spiro atoms. The van der Waals surface area contributed by atoms with Crippen LogP contribution in [0.3, 0.4) is 0 Å². The number of aliphatic hydroxyl groups excluding tert-OH is 1. The predicted octanol–water partition coefficient (Wildman–Crippen LogP) is 2.60. The molecule has 2 N–H and O–H groups in total. The minimum Gasteiger partial charge on any atom is -0.483 e. The number of rotatable bonds is 4. The van der Waals surface area contributed by atoms with Gasteiger partial charge in [0.2, 0.25) is 0 Å². The number of benzene rings is 1. The van der Waals surface area contributed by atoms with Crippen molar-refractivity contribution in [2.75, 3.05) is 0 Å². The number of ether oxygens (including phenoxy) is 1. The van der Waals surface area contributed by atoms with Crippen molar-refractivity contribution in [3.63, 3.8) is 0 Å². The van der Waals surface area contributed by atoms with Gasteiger partial charge in [-0.15, -0.1) is 0 Å². The van der Waals surface area contributed by atoms with E-state index in [1.807, 2.05) is 0 Å². The van der Waals surface area contributed by atoms with Crippen LogP contribution in [0.5, 0.6) is 5.75 Å². The summed E-state index contributed by atoms with van der Waals surface area (Å²) < 4.78 is 5.69. The van der Waals surface area contributed by atoms with E-state index in [4.69, 9.17) is 4.74 Å². The molecule has 0 fully saturated rings. The highest BCUT2D eigenvalue weighted by Crippen LogP contribution is 2.43. The monoisotopic (exact) mass is 318 g/mol. The third-order valence-electron chi connectivity index (χ3n) is 3.76. The van der Waals surface area contributed by atoms with E-state index < -0.39 is 17.8 Å². The van der Waals surface area contributed by atoms with Crippen molar-refractivity contribution in [3.05, 3.63) is 40.5 Å². The first-order valence-corrected chi connectivity index (χ1v) is 7.47. The second kappa shape index (κ2) is 5.91. The highest BCUT2D eigenvalue weighted by molar-refractivity contribution is 6.09. The van der Waals surface area contributed by atoms with Crippen LogP contribution < -0.4 is 4.74 Å². The van der Waals surface area contributed by atoms with E-state index >= 15 is 0 Å². The number of ketones is 2. The maximum atomic E-state index is 12.4. The van der Waals surface area contributed by atoms with Crippen LogP contribution >= 0.6 is 0 Å². The van der Waals surface area contributed by atoms with Crippen LogP contribution in [0.15, 0.2) is 23.8 Å². The van der Waals surface area contributed by atoms with Crippen molar-refractivity contribution in [2.45, 2.75) is 52.4 Å². The summed E-state index contributed by atoms with van der Waals surface area (Å²) in [7, 11) is 0. The number of hydrogen-bond acceptors (Lipinski definition) is 5. The number of allylic oxidation sites excluding steroid dienone is 2. The zero-order valence-corrected chi connectivity index (χ0v) is 14.0. The molecule has 1 aliphatic rings. The van der Waals surface area contributed by atoms with E-state index in [0.29, 0.717) is 11.1 Å². The summed E-state index contributed by atoms with van der Waals surface area (Å²) in [5.74, 6) is -0.275. The summed E-state index contributed by atoms with van der Waals surface area (Å²) in [6, 6.07) is 3.00. The molecule has 2 atom stereocenters. The molecule has 1 heterocycles. The summed E-state index contributed by atoms with van der Waals surface area (Å²) in [6.07, 6.45) is -0.562. The van der Waals surface area contributed by atoms with Gasteiger partial charge in [-0.3, -0.25) is 9.59 Å². The van der Waals surface area contributed by atoms with Crippen LogP contribution in [0.25, 0.3) is 0 Å². The summed E-state index contributed by atoms with van der Waals surface area (Å²) in [4.78, 5) is 24.2. The van der Waals surface area contributed by atoms with Gasteiger partial charge in [0.25, 0.3) is 0 Å². The number of carbonyl (C=O) groups excluding carboxylic acids is 2. The van der Waals surface area contributed by atoms with Gasteiger partial charge in [0.1, 0.15) is 11.9 Å². The van der Waals surface area contributed by atoms with Crippen molar-refractivity contribution in [3.8, 4) is 5.75 Å². The highest BCUT2D eigenvalue weighted by atomic mass is 16.5. The minimum absolute atomic E-state index is 0.210. The lowest BCUT2D eigenvalue weighted by Gasteiger charge is -2.27. The minimum atomic E-state index is -1.30.